The monoisotopic (exact) mass is 1250 g/mol. The largest absolute Gasteiger partial charge is 0.443 e. The molecule has 8 aromatic heterocycles. The van der Waals surface area contributed by atoms with Crippen molar-refractivity contribution >= 4 is 92.8 Å². The van der Waals surface area contributed by atoms with Crippen molar-refractivity contribution in [2.75, 3.05) is 0 Å². The zero-order valence-electron chi connectivity index (χ0n) is 61.3. The Morgan fingerprint density at radius 2 is 0.791 bits per heavy atom. The van der Waals surface area contributed by atoms with E-state index in [9.17, 15) is 0 Å². The van der Waals surface area contributed by atoms with Gasteiger partial charge in [-0.05, 0) is 72.1 Å². The second kappa shape index (κ2) is 65.8. The highest BCUT2D eigenvalue weighted by Gasteiger charge is 2.05. The van der Waals surface area contributed by atoms with Gasteiger partial charge in [0.1, 0.15) is 5.52 Å². The maximum Gasteiger partial charge on any atom is 0.233 e. The van der Waals surface area contributed by atoms with Gasteiger partial charge in [0.2, 0.25) is 5.78 Å². The van der Waals surface area contributed by atoms with Gasteiger partial charge in [-0.3, -0.25) is 19.4 Å². The summed E-state index contributed by atoms with van der Waals surface area (Å²) in [4.78, 5) is 28.7. The lowest BCUT2D eigenvalue weighted by Crippen LogP contribution is -1.84. The summed E-state index contributed by atoms with van der Waals surface area (Å²) in [7, 11) is 2.12. The van der Waals surface area contributed by atoms with Gasteiger partial charge in [-0.15, -0.1) is 11.3 Å². The number of hydrogen-bond acceptors (Lipinski definition) is 9. The number of aromatic nitrogens is 9. The van der Waals surface area contributed by atoms with Crippen LogP contribution < -0.4 is 0 Å². The molecule has 0 bridgehead atoms. The Morgan fingerprint density at radius 3 is 1.35 bits per heavy atom. The summed E-state index contributed by atoms with van der Waals surface area (Å²) in [5.74, 6) is 0.748. The van der Waals surface area contributed by atoms with Gasteiger partial charge in [0.25, 0.3) is 0 Å². The van der Waals surface area contributed by atoms with E-state index in [1.807, 2.05) is 306 Å². The van der Waals surface area contributed by atoms with E-state index in [1.54, 1.807) is 29.9 Å². The molecule has 0 saturated heterocycles. The number of thiazole rings is 1. The van der Waals surface area contributed by atoms with Gasteiger partial charge in [-0.25, -0.2) is 19.9 Å². The highest BCUT2D eigenvalue weighted by molar-refractivity contribution is 7.16. The molecule has 11 heteroatoms. The summed E-state index contributed by atoms with van der Waals surface area (Å²) < 4.78 is 10.4. The molecule has 0 amide bonds. The molecule has 0 atom stereocenters. The second-order valence-electron chi connectivity index (χ2n) is 14.4. The topological polar surface area (TPSA) is 113 Å². The third-order valence-corrected chi connectivity index (χ3v) is 11.2. The van der Waals surface area contributed by atoms with Crippen molar-refractivity contribution in [3.63, 3.8) is 0 Å². The molecule has 0 fully saturated rings. The third kappa shape index (κ3) is 32.6. The number of oxazole rings is 1. The van der Waals surface area contributed by atoms with Crippen LogP contribution in [0.5, 0.6) is 0 Å². The quantitative estimate of drug-likeness (QED) is 0.138. The first-order chi connectivity index (χ1) is 45.2. The van der Waals surface area contributed by atoms with Gasteiger partial charge in [-0.1, -0.05) is 283 Å². The number of imidazole rings is 1. The zero-order valence-corrected chi connectivity index (χ0v) is 62.1. The molecule has 91 heavy (non-hydrogen) atoms. The number of para-hydroxylation sites is 6. The molecule has 0 aliphatic carbocycles. The first kappa shape index (κ1) is 91.1. The minimum atomic E-state index is 0.748. The maximum absolute atomic E-state index is 5.01. The molecular formula is C80H119N9OS. The van der Waals surface area contributed by atoms with Crippen molar-refractivity contribution in [3.05, 3.63) is 231 Å². The summed E-state index contributed by atoms with van der Waals surface area (Å²) in [5.41, 5.74) is 9.41. The molecule has 6 aromatic carbocycles. The molecule has 8 heterocycles. The standard InChI is InChI=1S/C13H11N.C12H8N2.C9H7N.C7H5NO.C7H5NS.C6H5N3.13C2H6/c1-14-12-8-4-2-6-10(12)11-7-3-5-9-13(11)14;1-2-10-4-3-9-5-7-13-8-11(9)12(10)14-6-1;1-2-6-9-8(4-1)5-3-7-10-9;2*1-2-4-7-6(3-1)8-5-9-7;1-2-7-6-8-3-5-9(6)4-1;13*1-2/h2-9H,1H3;1-8H;1-7H;3*1-5H;13*1-2H3. The maximum atomic E-state index is 5.01. The van der Waals surface area contributed by atoms with Crippen LogP contribution in [0, 0.1) is 0 Å². The molecule has 10 nitrogen and oxygen atoms in total. The Kier molecular flexibility index (Phi) is 65.8. The third-order valence-electron chi connectivity index (χ3n) is 10.4. The average Bonchev–Trinajstić information content (AvgIpc) is 3.06. The minimum Gasteiger partial charge on any atom is -0.443 e. The fourth-order valence-corrected chi connectivity index (χ4v) is 7.89. The van der Waals surface area contributed by atoms with Gasteiger partial charge in [-0.2, -0.15) is 0 Å². The molecular weight excluding hydrogens is 1140 g/mol. The summed E-state index contributed by atoms with van der Waals surface area (Å²) in [5, 5.41) is 7.34. The molecule has 0 saturated carbocycles. The summed E-state index contributed by atoms with van der Waals surface area (Å²) in [6, 6.07) is 57.0. The Labute approximate surface area is 556 Å². The summed E-state index contributed by atoms with van der Waals surface area (Å²) in [6.45, 7) is 52.0. The second-order valence-corrected chi connectivity index (χ2v) is 15.3. The normalized spacial score (nSPS) is 8.38. The molecule has 0 spiro atoms. The lowest BCUT2D eigenvalue weighted by molar-refractivity contribution is 0.602. The van der Waals surface area contributed by atoms with Crippen LogP contribution in [0.25, 0.3) is 81.5 Å². The summed E-state index contributed by atoms with van der Waals surface area (Å²) >= 11 is 1.68. The van der Waals surface area contributed by atoms with Crippen molar-refractivity contribution < 1.29 is 4.42 Å². The van der Waals surface area contributed by atoms with Crippen LogP contribution >= 0.6 is 11.3 Å². The van der Waals surface area contributed by atoms with Crippen molar-refractivity contribution in [2.45, 2.75) is 180 Å². The smallest absolute Gasteiger partial charge is 0.233 e. The molecule has 0 radical (unpaired) electrons. The Hall–Kier alpha value is -8.67. The Morgan fingerprint density at radius 1 is 0.330 bits per heavy atom. The van der Waals surface area contributed by atoms with E-state index in [0.717, 1.165) is 44.2 Å². The average molecular weight is 1250 g/mol. The molecule has 0 unspecified atom stereocenters. The van der Waals surface area contributed by atoms with E-state index < -0.39 is 0 Å². The minimum absolute atomic E-state index is 0.748. The molecule has 0 aliphatic rings. The van der Waals surface area contributed by atoms with Gasteiger partial charge in [0, 0.05) is 94.6 Å². The first-order valence-corrected chi connectivity index (χ1v) is 34.7. The number of rotatable bonds is 0. The van der Waals surface area contributed by atoms with E-state index in [1.165, 1.54) is 43.7 Å². The highest BCUT2D eigenvalue weighted by atomic mass is 32.1. The van der Waals surface area contributed by atoms with Crippen LogP contribution in [0.15, 0.2) is 236 Å². The first-order valence-electron chi connectivity index (χ1n) is 33.8. The van der Waals surface area contributed by atoms with Crippen molar-refractivity contribution in [3.8, 4) is 0 Å². The fourth-order valence-electron chi connectivity index (χ4n) is 7.21. The number of hydrogen-bond donors (Lipinski definition) is 0. The van der Waals surface area contributed by atoms with Gasteiger partial charge in [0.15, 0.2) is 12.0 Å². The predicted molar refractivity (Wildman–Crippen MR) is 413 cm³/mol. The van der Waals surface area contributed by atoms with E-state index in [2.05, 4.69) is 131 Å². The van der Waals surface area contributed by atoms with Crippen molar-refractivity contribution in [1.29, 1.82) is 0 Å². The van der Waals surface area contributed by atoms with Crippen LogP contribution in [0.4, 0.5) is 0 Å². The molecule has 0 N–H and O–H groups in total. The predicted octanol–water partition coefficient (Wildman–Crippen LogP) is 26.5. The van der Waals surface area contributed by atoms with E-state index in [-0.39, 0.29) is 0 Å². The van der Waals surface area contributed by atoms with E-state index >= 15 is 0 Å². The lowest BCUT2D eigenvalue weighted by atomic mass is 10.1. The van der Waals surface area contributed by atoms with Crippen LogP contribution in [-0.4, -0.2) is 43.9 Å². The van der Waals surface area contributed by atoms with Gasteiger partial charge in [0.05, 0.1) is 26.8 Å². The lowest BCUT2D eigenvalue weighted by Gasteiger charge is -2.00. The van der Waals surface area contributed by atoms with E-state index in [0.29, 0.717) is 0 Å². The fraction of sp³-hybridized carbons (Fsp3) is 0.338. The van der Waals surface area contributed by atoms with Crippen LogP contribution in [0.2, 0.25) is 0 Å². The summed E-state index contributed by atoms with van der Waals surface area (Å²) in [6.07, 6.45) is 16.0. The molecule has 496 valence electrons. The SMILES string of the molecule is CC.CC.CC.CC.CC.CC.CC.CC.CC.CC.CC.CC.CC.Cn1c2ccccc2c2ccccc21.c1ccc2ncccc2c1.c1ccc2ocnc2c1.c1ccc2scnc2c1.c1cnc2c(c1)ccc1ccncc12.c1cnc2nccn2c1. The Bertz CT molecular complexity index is 3330. The van der Waals surface area contributed by atoms with Crippen LogP contribution in [0.3, 0.4) is 0 Å². The molecule has 0 aliphatic heterocycles. The number of pyridine rings is 3. The Balaban J connectivity index is -0.000000305. The van der Waals surface area contributed by atoms with E-state index in [4.69, 9.17) is 4.42 Å². The van der Waals surface area contributed by atoms with Crippen molar-refractivity contribution in [1.82, 2.24) is 43.9 Å². The number of benzene rings is 6. The number of fused-ring (bicyclic) bond motifs is 10. The van der Waals surface area contributed by atoms with Gasteiger partial charge < -0.3 is 8.98 Å². The molecule has 14 rings (SSSR count). The number of aryl methyl sites for hydroxylation is 1. The van der Waals surface area contributed by atoms with Crippen LogP contribution in [-0.2, 0) is 7.05 Å². The highest BCUT2D eigenvalue weighted by Crippen LogP contribution is 2.27. The van der Waals surface area contributed by atoms with Gasteiger partial charge >= 0.3 is 0 Å². The number of nitrogens with zero attached hydrogens (tertiary/aromatic N) is 9. The zero-order chi connectivity index (χ0) is 70.0. The molecule has 14 aromatic rings. The van der Waals surface area contributed by atoms with Crippen LogP contribution in [0.1, 0.15) is 180 Å². The van der Waals surface area contributed by atoms with Crippen molar-refractivity contribution in [2.24, 2.45) is 7.05 Å².